The summed E-state index contributed by atoms with van der Waals surface area (Å²) < 4.78 is 15.5. The summed E-state index contributed by atoms with van der Waals surface area (Å²) in [6.07, 6.45) is 0. The molecule has 4 nitrogen and oxygen atoms in total. The molecule has 1 aromatic heterocycles. The van der Waals surface area contributed by atoms with Crippen molar-refractivity contribution in [3.63, 3.8) is 0 Å². The second-order valence-electron chi connectivity index (χ2n) is 5.44. The highest BCUT2D eigenvalue weighted by molar-refractivity contribution is 5.45. The number of nitrogens with two attached hydrogens (primary N) is 1. The first kappa shape index (κ1) is 12.5. The quantitative estimate of drug-likeness (QED) is 0.844. The average Bonchev–Trinajstić information content (AvgIpc) is 2.59. The summed E-state index contributed by atoms with van der Waals surface area (Å²) in [5.74, 6) is 0.00729. The SMILES string of the molecule is Cc1ccc(-n2nnc(N)c2C(C)(C)C)c(F)c1. The summed E-state index contributed by atoms with van der Waals surface area (Å²) >= 11 is 0. The Balaban J connectivity index is 2.65. The third-order valence-corrected chi connectivity index (χ3v) is 2.74. The molecular weight excluding hydrogens is 231 g/mol. The molecule has 0 amide bonds. The van der Waals surface area contributed by atoms with Crippen molar-refractivity contribution in [2.75, 3.05) is 5.73 Å². The minimum atomic E-state index is -0.328. The van der Waals surface area contributed by atoms with E-state index in [1.165, 1.54) is 10.7 Å². The fraction of sp³-hybridized carbons (Fsp3) is 0.385. The number of hydrogen-bond acceptors (Lipinski definition) is 3. The van der Waals surface area contributed by atoms with Crippen molar-refractivity contribution in [2.45, 2.75) is 33.1 Å². The molecule has 0 radical (unpaired) electrons. The van der Waals surface area contributed by atoms with E-state index in [0.717, 1.165) is 5.56 Å². The van der Waals surface area contributed by atoms with Gasteiger partial charge in [0, 0.05) is 5.41 Å². The number of aryl methyl sites for hydroxylation is 1. The molecule has 2 N–H and O–H groups in total. The molecule has 0 aliphatic carbocycles. The highest BCUT2D eigenvalue weighted by Crippen LogP contribution is 2.29. The van der Waals surface area contributed by atoms with Gasteiger partial charge in [-0.3, -0.25) is 0 Å². The van der Waals surface area contributed by atoms with Gasteiger partial charge in [-0.1, -0.05) is 32.1 Å². The van der Waals surface area contributed by atoms with Crippen LogP contribution < -0.4 is 5.73 Å². The average molecular weight is 248 g/mol. The second kappa shape index (κ2) is 4.08. The number of anilines is 1. The summed E-state index contributed by atoms with van der Waals surface area (Å²) in [6.45, 7) is 7.81. The van der Waals surface area contributed by atoms with Crippen LogP contribution in [0.5, 0.6) is 0 Å². The number of nitrogens with zero attached hydrogens (tertiary/aromatic N) is 3. The standard InChI is InChI=1S/C13H17FN4/c1-8-5-6-10(9(14)7-8)18-11(13(2,3)4)12(15)16-17-18/h5-7H,15H2,1-4H3. The second-order valence-corrected chi connectivity index (χ2v) is 5.44. The summed E-state index contributed by atoms with van der Waals surface area (Å²) in [4.78, 5) is 0. The third kappa shape index (κ3) is 2.08. The molecule has 18 heavy (non-hydrogen) atoms. The minimum absolute atomic E-state index is 0.259. The van der Waals surface area contributed by atoms with Gasteiger partial charge in [-0.2, -0.15) is 0 Å². The molecule has 1 heterocycles. The first-order valence-corrected chi connectivity index (χ1v) is 5.79. The van der Waals surface area contributed by atoms with Crippen molar-refractivity contribution in [3.05, 3.63) is 35.3 Å². The smallest absolute Gasteiger partial charge is 0.170 e. The lowest BCUT2D eigenvalue weighted by atomic mass is 9.91. The molecule has 0 atom stereocenters. The molecule has 2 rings (SSSR count). The van der Waals surface area contributed by atoms with E-state index in [1.807, 2.05) is 33.8 Å². The maximum Gasteiger partial charge on any atom is 0.170 e. The minimum Gasteiger partial charge on any atom is -0.381 e. The van der Waals surface area contributed by atoms with Crippen molar-refractivity contribution in [3.8, 4) is 5.69 Å². The van der Waals surface area contributed by atoms with Gasteiger partial charge in [0.15, 0.2) is 5.82 Å². The monoisotopic (exact) mass is 248 g/mol. The van der Waals surface area contributed by atoms with Crippen molar-refractivity contribution in [1.82, 2.24) is 15.0 Å². The van der Waals surface area contributed by atoms with Crippen LogP contribution in [0.4, 0.5) is 10.2 Å². The van der Waals surface area contributed by atoms with E-state index in [4.69, 9.17) is 5.73 Å². The van der Waals surface area contributed by atoms with Crippen molar-refractivity contribution >= 4 is 5.82 Å². The number of rotatable bonds is 1. The van der Waals surface area contributed by atoms with E-state index < -0.39 is 0 Å². The molecule has 0 aliphatic heterocycles. The lowest BCUT2D eigenvalue weighted by Crippen LogP contribution is -2.19. The Hall–Kier alpha value is -1.91. The van der Waals surface area contributed by atoms with E-state index >= 15 is 0 Å². The number of benzene rings is 1. The highest BCUT2D eigenvalue weighted by Gasteiger charge is 2.25. The maximum absolute atomic E-state index is 14.0. The molecule has 0 fully saturated rings. The van der Waals surface area contributed by atoms with Crippen LogP contribution >= 0.6 is 0 Å². The maximum atomic E-state index is 14.0. The van der Waals surface area contributed by atoms with Crippen LogP contribution in [0.1, 0.15) is 32.0 Å². The van der Waals surface area contributed by atoms with Crippen LogP contribution in [0.3, 0.4) is 0 Å². The van der Waals surface area contributed by atoms with E-state index in [9.17, 15) is 4.39 Å². The molecule has 5 heteroatoms. The highest BCUT2D eigenvalue weighted by atomic mass is 19.1. The van der Waals surface area contributed by atoms with Crippen LogP contribution in [0.2, 0.25) is 0 Å². The van der Waals surface area contributed by atoms with Gasteiger partial charge in [0.05, 0.1) is 5.69 Å². The summed E-state index contributed by atoms with van der Waals surface area (Å²) in [7, 11) is 0. The summed E-state index contributed by atoms with van der Waals surface area (Å²) in [6, 6.07) is 5.00. The van der Waals surface area contributed by atoms with Crippen LogP contribution in [-0.4, -0.2) is 15.0 Å². The number of aromatic nitrogens is 3. The fourth-order valence-electron chi connectivity index (χ4n) is 1.95. The van der Waals surface area contributed by atoms with Gasteiger partial charge in [-0.25, -0.2) is 9.07 Å². The van der Waals surface area contributed by atoms with Crippen molar-refractivity contribution < 1.29 is 4.39 Å². The Morgan fingerprint density at radius 3 is 2.50 bits per heavy atom. The lowest BCUT2D eigenvalue weighted by molar-refractivity contribution is 0.532. The molecule has 0 aliphatic rings. The molecule has 2 aromatic rings. The molecule has 96 valence electrons. The fourth-order valence-corrected chi connectivity index (χ4v) is 1.95. The largest absolute Gasteiger partial charge is 0.381 e. The molecule has 1 aromatic carbocycles. The van der Waals surface area contributed by atoms with E-state index in [2.05, 4.69) is 10.3 Å². The molecule has 0 unspecified atom stereocenters. The number of nitrogen functional groups attached to an aromatic ring is 1. The van der Waals surface area contributed by atoms with Crippen LogP contribution in [0.15, 0.2) is 18.2 Å². The molecule has 0 spiro atoms. The molecule has 0 saturated heterocycles. The number of halogens is 1. The van der Waals surface area contributed by atoms with Gasteiger partial charge in [0.25, 0.3) is 0 Å². The third-order valence-electron chi connectivity index (χ3n) is 2.74. The Kier molecular flexibility index (Phi) is 2.84. The molecule has 0 saturated carbocycles. The van der Waals surface area contributed by atoms with Crippen LogP contribution in [0.25, 0.3) is 5.69 Å². The van der Waals surface area contributed by atoms with Gasteiger partial charge in [-0.15, -0.1) is 5.10 Å². The number of hydrogen-bond donors (Lipinski definition) is 1. The normalized spacial score (nSPS) is 11.8. The van der Waals surface area contributed by atoms with Gasteiger partial charge in [0.2, 0.25) is 0 Å². The van der Waals surface area contributed by atoms with Crippen LogP contribution in [-0.2, 0) is 5.41 Å². The van der Waals surface area contributed by atoms with Gasteiger partial charge >= 0.3 is 0 Å². The zero-order valence-corrected chi connectivity index (χ0v) is 11.0. The van der Waals surface area contributed by atoms with Crippen molar-refractivity contribution in [2.24, 2.45) is 0 Å². The molecular formula is C13H17FN4. The van der Waals surface area contributed by atoms with Crippen molar-refractivity contribution in [1.29, 1.82) is 0 Å². The Bertz CT molecular complexity index is 581. The zero-order valence-electron chi connectivity index (χ0n) is 11.0. The Labute approximate surface area is 106 Å². The Morgan fingerprint density at radius 2 is 1.94 bits per heavy atom. The summed E-state index contributed by atoms with van der Waals surface area (Å²) in [5.41, 5.74) is 7.51. The topological polar surface area (TPSA) is 56.7 Å². The predicted octanol–water partition coefficient (Wildman–Crippen LogP) is 2.59. The lowest BCUT2D eigenvalue weighted by Gasteiger charge is -2.20. The van der Waals surface area contributed by atoms with Gasteiger partial charge < -0.3 is 5.73 Å². The van der Waals surface area contributed by atoms with Crippen LogP contribution in [0, 0.1) is 12.7 Å². The Morgan fingerprint density at radius 1 is 1.28 bits per heavy atom. The van der Waals surface area contributed by atoms with Gasteiger partial charge in [-0.05, 0) is 24.6 Å². The van der Waals surface area contributed by atoms with E-state index in [0.29, 0.717) is 17.2 Å². The van der Waals surface area contributed by atoms with E-state index in [-0.39, 0.29) is 11.2 Å². The van der Waals surface area contributed by atoms with E-state index in [1.54, 1.807) is 6.07 Å². The van der Waals surface area contributed by atoms with Gasteiger partial charge in [0.1, 0.15) is 11.5 Å². The summed E-state index contributed by atoms with van der Waals surface area (Å²) in [5, 5.41) is 7.79. The first-order chi connectivity index (χ1) is 8.30. The predicted molar refractivity (Wildman–Crippen MR) is 69.2 cm³/mol. The first-order valence-electron chi connectivity index (χ1n) is 5.79. The zero-order chi connectivity index (χ0) is 13.5. The molecule has 0 bridgehead atoms.